The summed E-state index contributed by atoms with van der Waals surface area (Å²) in [4.78, 5) is 16.8. The van der Waals surface area contributed by atoms with Crippen molar-refractivity contribution in [2.75, 3.05) is 0 Å². The number of H-pyrrole nitrogens is 4. The normalized spacial score (nSPS) is 9.45. The maximum atomic E-state index is 12.5. The van der Waals surface area contributed by atoms with Gasteiger partial charge in [0, 0.05) is 112 Å². The van der Waals surface area contributed by atoms with Gasteiger partial charge < -0.3 is 19.9 Å². The van der Waals surface area contributed by atoms with E-state index in [-0.39, 0.29) is 5.13 Å². The molecule has 8 aromatic heterocycles. The van der Waals surface area contributed by atoms with Gasteiger partial charge in [-0.1, -0.05) is 81.6 Å². The molecule has 8 heterocycles. The van der Waals surface area contributed by atoms with Crippen LogP contribution in [0.5, 0.6) is 0 Å². The molecule has 0 radical (unpaired) electrons. The zero-order chi connectivity index (χ0) is 43.0. The number of hydrogen-bond donors (Lipinski definition) is 5. The average molecular weight is 879 g/mol. The summed E-state index contributed by atoms with van der Waals surface area (Å²) in [5.41, 5.74) is 9.37. The van der Waals surface area contributed by atoms with Gasteiger partial charge in [-0.3, -0.25) is 0 Å². The van der Waals surface area contributed by atoms with Gasteiger partial charge in [0.05, 0.1) is 0 Å². The van der Waals surface area contributed by atoms with Gasteiger partial charge in [-0.05, 0) is 92.6 Å². The molecule has 0 aliphatic heterocycles. The number of thiophene rings is 4. The minimum absolute atomic E-state index is 0.144. The molecule has 0 aliphatic carbocycles. The van der Waals surface area contributed by atoms with Crippen LogP contribution in [0.15, 0.2) is 119 Å². The van der Waals surface area contributed by atoms with Crippen LogP contribution in [0.3, 0.4) is 0 Å². The summed E-state index contributed by atoms with van der Waals surface area (Å²) in [6.45, 7) is 20.4. The molecule has 0 fully saturated rings. The summed E-state index contributed by atoms with van der Waals surface area (Å²) in [6.07, 6.45) is 14.3. The summed E-state index contributed by atoms with van der Waals surface area (Å²) in [6, 6.07) is 24.4. The fourth-order valence-corrected chi connectivity index (χ4v) is 8.38. The van der Waals surface area contributed by atoms with E-state index < -0.39 is 0 Å². The molecule has 0 aliphatic rings. The van der Waals surface area contributed by atoms with Crippen molar-refractivity contribution in [1.82, 2.24) is 19.9 Å². The van der Waals surface area contributed by atoms with Crippen LogP contribution in [0.4, 0.5) is 4.39 Å². The number of aryl methyl sites for hydroxylation is 2. The number of hydrogen-bond acceptors (Lipinski definition) is 5. The van der Waals surface area contributed by atoms with Gasteiger partial charge in [0.2, 0.25) is 0 Å². The first-order valence-electron chi connectivity index (χ1n) is 20.6. The topological polar surface area (TPSA) is 63.2 Å². The monoisotopic (exact) mass is 878 g/mol. The lowest BCUT2D eigenvalue weighted by molar-refractivity contribution is 0.657. The lowest BCUT2D eigenvalue weighted by Gasteiger charge is -1.96. The number of rotatable bonds is 10. The van der Waals surface area contributed by atoms with Crippen LogP contribution in [0.25, 0.3) is 45.0 Å². The molecular weight excluding hydrogens is 812 g/mol. The number of unbranched alkanes of at least 4 members (excludes halogenated alkanes) is 3. The highest BCUT2D eigenvalue weighted by molar-refractivity contribution is 7.79. The molecule has 0 saturated carbocycles. The molecule has 0 atom stereocenters. The third kappa shape index (κ3) is 19.3. The van der Waals surface area contributed by atoms with Crippen LogP contribution < -0.4 is 0 Å². The Bertz CT molecular complexity index is 1940. The van der Waals surface area contributed by atoms with E-state index in [0.717, 1.165) is 28.3 Å². The van der Waals surface area contributed by atoms with Crippen LogP contribution in [-0.4, -0.2) is 19.9 Å². The van der Waals surface area contributed by atoms with E-state index in [4.69, 9.17) is 0 Å². The molecule has 0 aromatic carbocycles. The molecule has 58 heavy (non-hydrogen) atoms. The minimum atomic E-state index is -0.144. The first kappa shape index (κ1) is 52.2. The van der Waals surface area contributed by atoms with E-state index in [1.807, 2.05) is 122 Å². The third-order valence-electron chi connectivity index (χ3n) is 7.67. The highest BCUT2D eigenvalue weighted by Gasteiger charge is 2.04. The lowest BCUT2D eigenvalue weighted by atomic mass is 10.1. The highest BCUT2D eigenvalue weighted by atomic mass is 32.1. The molecule has 316 valence electrons. The first-order chi connectivity index (χ1) is 28.5. The summed E-state index contributed by atoms with van der Waals surface area (Å²) in [5.74, 6) is 0.825. The second-order valence-corrected chi connectivity index (χ2v) is 15.8. The Hall–Kier alpha value is -3.80. The second-order valence-electron chi connectivity index (χ2n) is 11.5. The Balaban J connectivity index is 0.000000368. The van der Waals surface area contributed by atoms with Gasteiger partial charge in [-0.2, -0.15) is 17.0 Å². The van der Waals surface area contributed by atoms with Gasteiger partial charge in [0.25, 0.3) is 0 Å². The predicted octanol–water partition coefficient (Wildman–Crippen LogP) is 18.1. The molecule has 4 nitrogen and oxygen atoms in total. The van der Waals surface area contributed by atoms with Crippen molar-refractivity contribution in [3.63, 3.8) is 0 Å². The third-order valence-corrected chi connectivity index (χ3v) is 11.7. The Morgan fingerprint density at radius 1 is 0.500 bits per heavy atom. The molecule has 0 saturated heterocycles. The van der Waals surface area contributed by atoms with Crippen molar-refractivity contribution >= 4 is 58.0 Å². The maximum Gasteiger partial charge on any atom is 0.177 e. The smallest absolute Gasteiger partial charge is 0.177 e. The summed E-state index contributed by atoms with van der Waals surface area (Å²) >= 11 is 10.8. The average Bonchev–Trinajstić information content (AvgIpc) is 4.13. The molecule has 0 bridgehead atoms. The standard InChI is InChI=1S/C14H19NS.C9H9NS2.C9H9NS.C8H6FNS.4C2H6/c1-2-3-4-5-7-13-10-12(11-16-13)14-8-6-9-15-14;11-5-8-4-7(6-12-8)9-2-1-3-10-9;1-7-5-8(6-11-7)9-3-2-4-10-9;9-8-4-6(5-11-8)7-2-1-3-10-7;4*1-2/h6,8-11,15H,2-5,7H2,1H3;1-4,6,10-11H,5H2;2-6,10H,1H3;1-5,10H;4*1-2H3. The minimum Gasteiger partial charge on any atom is -0.361 e. The number of aromatic amines is 4. The predicted molar refractivity (Wildman–Crippen MR) is 267 cm³/mol. The van der Waals surface area contributed by atoms with Crippen molar-refractivity contribution in [1.29, 1.82) is 0 Å². The quantitative estimate of drug-likeness (QED) is 0.0671. The number of thiol groups is 1. The fourth-order valence-electron chi connectivity index (χ4n) is 5.06. The highest BCUT2D eigenvalue weighted by Crippen LogP contribution is 2.27. The molecule has 10 heteroatoms. The van der Waals surface area contributed by atoms with Crippen molar-refractivity contribution < 1.29 is 4.39 Å². The zero-order valence-corrected chi connectivity index (χ0v) is 40.4. The summed E-state index contributed by atoms with van der Waals surface area (Å²) < 4.78 is 12.5. The van der Waals surface area contributed by atoms with Gasteiger partial charge in [-0.15, -0.1) is 45.3 Å². The van der Waals surface area contributed by atoms with Gasteiger partial charge >= 0.3 is 0 Å². The van der Waals surface area contributed by atoms with Crippen LogP contribution in [0.2, 0.25) is 0 Å². The van der Waals surface area contributed by atoms with Crippen LogP contribution in [0, 0.1) is 12.1 Å². The van der Waals surface area contributed by atoms with Crippen molar-refractivity contribution in [3.05, 3.63) is 139 Å². The molecular formula is C48H67FN4S5. The van der Waals surface area contributed by atoms with Crippen LogP contribution >= 0.6 is 58.0 Å². The van der Waals surface area contributed by atoms with E-state index in [0.29, 0.717) is 0 Å². The van der Waals surface area contributed by atoms with E-state index >= 15 is 0 Å². The summed E-state index contributed by atoms with van der Waals surface area (Å²) in [5, 5.41) is 8.22. The number of nitrogens with one attached hydrogen (secondary N) is 4. The first-order valence-corrected chi connectivity index (χ1v) is 24.8. The fraction of sp³-hybridized carbons (Fsp3) is 0.333. The van der Waals surface area contributed by atoms with Crippen molar-refractivity contribution in [2.45, 2.75) is 107 Å². The maximum absolute atomic E-state index is 12.5. The van der Waals surface area contributed by atoms with Gasteiger partial charge in [0.1, 0.15) is 0 Å². The Labute approximate surface area is 370 Å². The molecule has 4 N–H and O–H groups in total. The Morgan fingerprint density at radius 2 is 0.897 bits per heavy atom. The number of halogens is 1. The van der Waals surface area contributed by atoms with Gasteiger partial charge in [-0.25, -0.2) is 0 Å². The Kier molecular flexibility index (Phi) is 29.8. The molecule has 0 amide bonds. The van der Waals surface area contributed by atoms with E-state index in [9.17, 15) is 4.39 Å². The Morgan fingerprint density at radius 3 is 1.24 bits per heavy atom. The largest absolute Gasteiger partial charge is 0.361 e. The number of aromatic nitrogens is 4. The molecule has 0 spiro atoms. The summed E-state index contributed by atoms with van der Waals surface area (Å²) in [7, 11) is 0. The van der Waals surface area contributed by atoms with Crippen LogP contribution in [0.1, 0.15) is 103 Å². The second kappa shape index (κ2) is 33.1. The molecule has 8 rings (SSSR count). The van der Waals surface area contributed by atoms with Gasteiger partial charge in [0.15, 0.2) is 5.13 Å². The SMILES string of the molecule is CC.CC.CC.CC.CCCCCCc1cc(-c2ccc[nH]2)cs1.Cc1cc(-c2ccc[nH]2)cs1.Fc1cc(-c2ccc[nH]2)cs1.SCc1cc(-c2ccc[nH]2)cs1. The lowest BCUT2D eigenvalue weighted by Crippen LogP contribution is -1.81. The van der Waals surface area contributed by atoms with E-state index in [1.165, 1.54) is 86.6 Å². The molecule has 8 aromatic rings. The zero-order valence-electron chi connectivity index (χ0n) is 36.2. The van der Waals surface area contributed by atoms with E-state index in [2.05, 4.69) is 99.0 Å². The molecule has 0 unspecified atom stereocenters. The van der Waals surface area contributed by atoms with Crippen molar-refractivity contribution in [2.24, 2.45) is 0 Å². The van der Waals surface area contributed by atoms with E-state index in [1.54, 1.807) is 28.1 Å². The van der Waals surface area contributed by atoms with Crippen LogP contribution in [-0.2, 0) is 12.2 Å². The van der Waals surface area contributed by atoms with Crippen molar-refractivity contribution in [3.8, 4) is 45.0 Å².